The number of ether oxygens (including phenoxy) is 5. The molecule has 0 aliphatic carbocycles. The summed E-state index contributed by atoms with van der Waals surface area (Å²) in [6.07, 6.45) is 2.33. The highest BCUT2D eigenvalue weighted by atomic mass is 16.6. The normalized spacial score (nSPS) is 11.5. The standard InChI is InChI=1S/C17H37NO5.H2/c1-4-17(5-2)18-7-8-20-11-12-22-15-16-23-14-13-21-10-9-19-6-3;/h17-18H,4-16H2,1-3H3;1H. The first-order valence-electron chi connectivity index (χ1n) is 8.97. The van der Waals surface area contributed by atoms with Crippen LogP contribution in [0, 0.1) is 0 Å². The lowest BCUT2D eigenvalue weighted by Crippen LogP contribution is -2.31. The van der Waals surface area contributed by atoms with Crippen molar-refractivity contribution in [1.29, 1.82) is 0 Å². The van der Waals surface area contributed by atoms with E-state index in [0.29, 0.717) is 58.9 Å². The molecule has 0 unspecified atom stereocenters. The van der Waals surface area contributed by atoms with E-state index in [1.807, 2.05) is 6.92 Å². The van der Waals surface area contributed by atoms with Crippen LogP contribution in [0.15, 0.2) is 0 Å². The highest BCUT2D eigenvalue weighted by Crippen LogP contribution is 1.94. The fourth-order valence-corrected chi connectivity index (χ4v) is 1.94. The monoisotopic (exact) mass is 337 g/mol. The van der Waals surface area contributed by atoms with Crippen molar-refractivity contribution in [3.05, 3.63) is 0 Å². The van der Waals surface area contributed by atoms with E-state index in [1.165, 1.54) is 0 Å². The first-order chi connectivity index (χ1) is 11.3. The summed E-state index contributed by atoms with van der Waals surface area (Å²) < 4.78 is 26.8. The molecule has 0 radical (unpaired) electrons. The first-order valence-corrected chi connectivity index (χ1v) is 8.97. The Bertz CT molecular complexity index is 221. The van der Waals surface area contributed by atoms with Gasteiger partial charge in [0.15, 0.2) is 0 Å². The predicted molar refractivity (Wildman–Crippen MR) is 94.3 cm³/mol. The van der Waals surface area contributed by atoms with Gasteiger partial charge in [0.2, 0.25) is 0 Å². The third-order valence-electron chi connectivity index (χ3n) is 3.36. The minimum Gasteiger partial charge on any atom is -0.379 e. The Balaban J connectivity index is 0. The van der Waals surface area contributed by atoms with E-state index in [2.05, 4.69) is 19.2 Å². The Morgan fingerprint density at radius 3 is 1.39 bits per heavy atom. The smallest absolute Gasteiger partial charge is 0.0701 e. The summed E-state index contributed by atoms with van der Waals surface area (Å²) in [6.45, 7) is 13.6. The maximum atomic E-state index is 5.50. The molecule has 0 aromatic rings. The molecule has 0 saturated carbocycles. The fraction of sp³-hybridized carbons (Fsp3) is 1.00. The van der Waals surface area contributed by atoms with Gasteiger partial charge in [-0.05, 0) is 19.8 Å². The fourth-order valence-electron chi connectivity index (χ4n) is 1.94. The largest absolute Gasteiger partial charge is 0.379 e. The molecule has 142 valence electrons. The van der Waals surface area contributed by atoms with Crippen molar-refractivity contribution in [2.24, 2.45) is 0 Å². The van der Waals surface area contributed by atoms with E-state index >= 15 is 0 Å². The summed E-state index contributed by atoms with van der Waals surface area (Å²) in [5.74, 6) is 0. The van der Waals surface area contributed by atoms with Crippen molar-refractivity contribution in [3.8, 4) is 0 Å². The van der Waals surface area contributed by atoms with E-state index < -0.39 is 0 Å². The molecule has 0 aliphatic heterocycles. The van der Waals surface area contributed by atoms with Crippen LogP contribution >= 0.6 is 0 Å². The van der Waals surface area contributed by atoms with Gasteiger partial charge in [-0.15, -0.1) is 0 Å². The second-order valence-electron chi connectivity index (χ2n) is 5.11. The van der Waals surface area contributed by atoms with E-state index in [1.54, 1.807) is 0 Å². The van der Waals surface area contributed by atoms with Gasteiger partial charge >= 0.3 is 0 Å². The molecule has 6 heteroatoms. The molecule has 0 heterocycles. The highest BCUT2D eigenvalue weighted by molar-refractivity contribution is 4.61. The Labute approximate surface area is 143 Å². The van der Waals surface area contributed by atoms with Crippen molar-refractivity contribution >= 4 is 0 Å². The molecule has 6 nitrogen and oxygen atoms in total. The van der Waals surface area contributed by atoms with E-state index in [4.69, 9.17) is 23.7 Å². The summed E-state index contributed by atoms with van der Waals surface area (Å²) in [6, 6.07) is 0.607. The van der Waals surface area contributed by atoms with Gasteiger partial charge in [-0.2, -0.15) is 0 Å². The number of hydrogen-bond donors (Lipinski definition) is 1. The minimum absolute atomic E-state index is 0. The van der Waals surface area contributed by atoms with Gasteiger partial charge in [-0.3, -0.25) is 0 Å². The van der Waals surface area contributed by atoms with Gasteiger partial charge in [-0.25, -0.2) is 0 Å². The third kappa shape index (κ3) is 17.9. The van der Waals surface area contributed by atoms with E-state index in [0.717, 1.165) is 32.6 Å². The van der Waals surface area contributed by atoms with Gasteiger partial charge in [0.05, 0.1) is 59.5 Å². The first kappa shape index (κ1) is 22.8. The zero-order chi connectivity index (χ0) is 17.0. The Kier molecular flexibility index (Phi) is 19.6. The zero-order valence-electron chi connectivity index (χ0n) is 15.3. The number of nitrogens with one attached hydrogen (secondary N) is 1. The molecule has 0 atom stereocenters. The summed E-state index contributed by atoms with van der Waals surface area (Å²) >= 11 is 0. The average molecular weight is 338 g/mol. The molecule has 0 aliphatic rings. The molecule has 0 aromatic heterocycles. The Morgan fingerprint density at radius 2 is 1.00 bits per heavy atom. The van der Waals surface area contributed by atoms with Crippen LogP contribution < -0.4 is 5.32 Å². The third-order valence-corrected chi connectivity index (χ3v) is 3.36. The average Bonchev–Trinajstić information content (AvgIpc) is 2.58. The lowest BCUT2D eigenvalue weighted by molar-refractivity contribution is -0.0100. The quantitative estimate of drug-likeness (QED) is 0.364. The second-order valence-corrected chi connectivity index (χ2v) is 5.11. The second kappa shape index (κ2) is 19.8. The SMILES string of the molecule is CCOCCOCCOCCOCCOCCNC(CC)CC.[HH]. The van der Waals surface area contributed by atoms with Crippen LogP contribution in [-0.2, 0) is 23.7 Å². The van der Waals surface area contributed by atoms with E-state index in [9.17, 15) is 0 Å². The lowest BCUT2D eigenvalue weighted by Gasteiger charge is -2.14. The Hall–Kier alpha value is -0.240. The number of rotatable bonds is 19. The van der Waals surface area contributed by atoms with Crippen LogP contribution in [0.5, 0.6) is 0 Å². The molecule has 0 amide bonds. The van der Waals surface area contributed by atoms with Gasteiger partial charge in [0.1, 0.15) is 0 Å². The van der Waals surface area contributed by atoms with Crippen LogP contribution in [0.2, 0.25) is 0 Å². The zero-order valence-corrected chi connectivity index (χ0v) is 15.3. The van der Waals surface area contributed by atoms with Crippen LogP contribution in [0.4, 0.5) is 0 Å². The molecule has 0 fully saturated rings. The topological polar surface area (TPSA) is 58.2 Å². The maximum Gasteiger partial charge on any atom is 0.0701 e. The summed E-state index contributed by atoms with van der Waals surface area (Å²) in [4.78, 5) is 0. The molecule has 0 bridgehead atoms. The molecule has 0 saturated heterocycles. The van der Waals surface area contributed by atoms with Gasteiger partial charge in [-0.1, -0.05) is 13.8 Å². The van der Waals surface area contributed by atoms with Crippen molar-refractivity contribution in [1.82, 2.24) is 5.32 Å². The van der Waals surface area contributed by atoms with Crippen molar-refractivity contribution < 1.29 is 25.1 Å². The molecule has 0 aromatic carbocycles. The molecule has 0 rings (SSSR count). The maximum absolute atomic E-state index is 5.50. The van der Waals surface area contributed by atoms with E-state index in [-0.39, 0.29) is 1.43 Å². The van der Waals surface area contributed by atoms with Crippen molar-refractivity contribution in [2.45, 2.75) is 39.7 Å². The van der Waals surface area contributed by atoms with Crippen LogP contribution in [0.25, 0.3) is 0 Å². The molecular formula is C17H39NO5. The minimum atomic E-state index is 0. The molecule has 23 heavy (non-hydrogen) atoms. The Morgan fingerprint density at radius 1 is 0.609 bits per heavy atom. The van der Waals surface area contributed by atoms with Gasteiger partial charge < -0.3 is 29.0 Å². The molecule has 1 N–H and O–H groups in total. The van der Waals surface area contributed by atoms with Gasteiger partial charge in [0, 0.05) is 20.6 Å². The molecular weight excluding hydrogens is 298 g/mol. The lowest BCUT2D eigenvalue weighted by atomic mass is 10.2. The summed E-state index contributed by atoms with van der Waals surface area (Å²) in [7, 11) is 0. The predicted octanol–water partition coefficient (Wildman–Crippen LogP) is 2.11. The highest BCUT2D eigenvalue weighted by Gasteiger charge is 2.00. The summed E-state index contributed by atoms with van der Waals surface area (Å²) in [5.41, 5.74) is 0. The van der Waals surface area contributed by atoms with Gasteiger partial charge in [0.25, 0.3) is 0 Å². The molecule has 0 spiro atoms. The summed E-state index contributed by atoms with van der Waals surface area (Å²) in [5, 5.41) is 3.46. The van der Waals surface area contributed by atoms with Crippen LogP contribution in [-0.4, -0.2) is 78.7 Å². The number of hydrogen-bond acceptors (Lipinski definition) is 6. The van der Waals surface area contributed by atoms with Crippen LogP contribution in [0.3, 0.4) is 0 Å². The van der Waals surface area contributed by atoms with Crippen LogP contribution in [0.1, 0.15) is 35.0 Å². The van der Waals surface area contributed by atoms with Crippen molar-refractivity contribution in [2.75, 3.05) is 72.6 Å². The van der Waals surface area contributed by atoms with Crippen molar-refractivity contribution in [3.63, 3.8) is 0 Å².